The van der Waals surface area contributed by atoms with Gasteiger partial charge in [-0.3, -0.25) is 9.36 Å². The number of aryl methyl sites for hydroxylation is 2. The van der Waals surface area contributed by atoms with Crippen LogP contribution in [-0.2, 0) is 9.53 Å². The van der Waals surface area contributed by atoms with Crippen molar-refractivity contribution in [2.45, 2.75) is 46.8 Å². The van der Waals surface area contributed by atoms with Gasteiger partial charge in [0.1, 0.15) is 10.9 Å². The number of thiophene rings is 1. The second-order valence-corrected chi connectivity index (χ2v) is 7.61. The Balaban J connectivity index is 2.13. The van der Waals surface area contributed by atoms with Crippen LogP contribution >= 0.6 is 11.3 Å². The molecule has 3 rings (SSSR count). The standard InChI is InChI=1S/C20H22N2O3S/c1-11(2)25-20(24)14(5)22-10-21-18-17(19(22)23)16(9-26-18)15-7-6-12(3)13(4)8-15/h6-11,14H,1-5H3/t14-/m1/s1. The summed E-state index contributed by atoms with van der Waals surface area (Å²) in [5, 5.41) is 2.50. The van der Waals surface area contributed by atoms with E-state index in [0.29, 0.717) is 10.2 Å². The fourth-order valence-corrected chi connectivity index (χ4v) is 3.69. The average molecular weight is 370 g/mol. The summed E-state index contributed by atoms with van der Waals surface area (Å²) in [4.78, 5) is 30.4. The molecule has 1 aromatic carbocycles. The van der Waals surface area contributed by atoms with Gasteiger partial charge in [-0.15, -0.1) is 11.3 Å². The second kappa shape index (κ2) is 7.03. The van der Waals surface area contributed by atoms with Gasteiger partial charge in [0.15, 0.2) is 0 Å². The topological polar surface area (TPSA) is 61.2 Å². The number of benzene rings is 1. The maximum absolute atomic E-state index is 13.1. The smallest absolute Gasteiger partial charge is 0.329 e. The van der Waals surface area contributed by atoms with E-state index < -0.39 is 12.0 Å². The average Bonchev–Trinajstić information content (AvgIpc) is 3.01. The van der Waals surface area contributed by atoms with E-state index in [9.17, 15) is 9.59 Å². The SMILES string of the molecule is Cc1ccc(-c2csc3ncn([C@H](C)C(=O)OC(C)C)c(=O)c23)cc1C. The fraction of sp³-hybridized carbons (Fsp3) is 0.350. The van der Waals surface area contributed by atoms with E-state index in [0.717, 1.165) is 11.1 Å². The van der Waals surface area contributed by atoms with Gasteiger partial charge in [0.05, 0.1) is 17.8 Å². The van der Waals surface area contributed by atoms with Gasteiger partial charge >= 0.3 is 5.97 Å². The van der Waals surface area contributed by atoms with E-state index in [1.165, 1.54) is 33.4 Å². The van der Waals surface area contributed by atoms with Crippen LogP contribution in [-0.4, -0.2) is 21.6 Å². The highest BCUT2D eigenvalue weighted by atomic mass is 32.1. The molecule has 0 fully saturated rings. The molecule has 0 unspecified atom stereocenters. The summed E-state index contributed by atoms with van der Waals surface area (Å²) in [7, 11) is 0. The molecule has 0 saturated carbocycles. The molecule has 1 atom stereocenters. The summed E-state index contributed by atoms with van der Waals surface area (Å²) in [6.07, 6.45) is 1.20. The van der Waals surface area contributed by atoms with Crippen molar-refractivity contribution < 1.29 is 9.53 Å². The number of nitrogens with zero attached hydrogens (tertiary/aromatic N) is 2. The highest BCUT2D eigenvalue weighted by Gasteiger charge is 2.22. The minimum absolute atomic E-state index is 0.224. The maximum Gasteiger partial charge on any atom is 0.329 e. The zero-order valence-electron chi connectivity index (χ0n) is 15.6. The minimum Gasteiger partial charge on any atom is -0.461 e. The lowest BCUT2D eigenvalue weighted by molar-refractivity contribution is -0.151. The van der Waals surface area contributed by atoms with Crippen LogP contribution < -0.4 is 5.56 Å². The number of esters is 1. The minimum atomic E-state index is -0.727. The first-order valence-corrected chi connectivity index (χ1v) is 9.44. The van der Waals surface area contributed by atoms with Gasteiger partial charge in [-0.1, -0.05) is 18.2 Å². The third-order valence-electron chi connectivity index (χ3n) is 4.45. The van der Waals surface area contributed by atoms with Crippen LogP contribution in [0, 0.1) is 13.8 Å². The van der Waals surface area contributed by atoms with Crippen LogP contribution in [0.5, 0.6) is 0 Å². The number of carbonyl (C=O) groups excluding carboxylic acids is 1. The molecule has 0 N–H and O–H groups in total. The number of ether oxygens (including phenoxy) is 1. The molecule has 3 aromatic rings. The van der Waals surface area contributed by atoms with Crippen molar-refractivity contribution in [3.05, 3.63) is 51.4 Å². The van der Waals surface area contributed by atoms with Crippen LogP contribution in [0.1, 0.15) is 37.9 Å². The largest absolute Gasteiger partial charge is 0.461 e. The summed E-state index contributed by atoms with van der Waals surface area (Å²) < 4.78 is 6.59. The van der Waals surface area contributed by atoms with Crippen molar-refractivity contribution >= 4 is 27.5 Å². The third-order valence-corrected chi connectivity index (χ3v) is 5.33. The monoisotopic (exact) mass is 370 g/mol. The van der Waals surface area contributed by atoms with E-state index in [1.54, 1.807) is 20.8 Å². The lowest BCUT2D eigenvalue weighted by atomic mass is 10.0. The normalized spacial score (nSPS) is 12.5. The zero-order chi connectivity index (χ0) is 19.0. The van der Waals surface area contributed by atoms with Gasteiger partial charge in [0.25, 0.3) is 5.56 Å². The van der Waals surface area contributed by atoms with Gasteiger partial charge in [-0.25, -0.2) is 9.78 Å². The Kier molecular flexibility index (Phi) is 4.96. The molecule has 2 aromatic heterocycles. The first-order valence-electron chi connectivity index (χ1n) is 8.56. The molecule has 5 nitrogen and oxygen atoms in total. The summed E-state index contributed by atoms with van der Waals surface area (Å²) >= 11 is 1.43. The lowest BCUT2D eigenvalue weighted by Gasteiger charge is -2.16. The van der Waals surface area contributed by atoms with Crippen molar-refractivity contribution in [2.24, 2.45) is 0 Å². The molecular weight excluding hydrogens is 348 g/mol. The summed E-state index contributed by atoms with van der Waals surface area (Å²) in [5.74, 6) is -0.439. The van der Waals surface area contributed by atoms with E-state index in [-0.39, 0.29) is 11.7 Å². The highest BCUT2D eigenvalue weighted by molar-refractivity contribution is 7.17. The zero-order valence-corrected chi connectivity index (χ0v) is 16.4. The Morgan fingerprint density at radius 3 is 2.58 bits per heavy atom. The predicted octanol–water partition coefficient (Wildman–Crippen LogP) is 4.25. The number of carbonyl (C=O) groups is 1. The van der Waals surface area contributed by atoms with Crippen molar-refractivity contribution in [3.63, 3.8) is 0 Å². The molecule has 0 bridgehead atoms. The summed E-state index contributed by atoms with van der Waals surface area (Å²) in [6.45, 7) is 9.33. The van der Waals surface area contributed by atoms with Crippen molar-refractivity contribution in [2.75, 3.05) is 0 Å². The number of hydrogen-bond acceptors (Lipinski definition) is 5. The van der Waals surface area contributed by atoms with E-state index >= 15 is 0 Å². The Bertz CT molecular complexity index is 1030. The lowest BCUT2D eigenvalue weighted by Crippen LogP contribution is -2.30. The van der Waals surface area contributed by atoms with Crippen LogP contribution in [0.4, 0.5) is 0 Å². The molecule has 0 aliphatic carbocycles. The Labute approximate surface area is 156 Å². The second-order valence-electron chi connectivity index (χ2n) is 6.75. The highest BCUT2D eigenvalue weighted by Crippen LogP contribution is 2.31. The van der Waals surface area contributed by atoms with Gasteiger partial charge in [-0.05, 0) is 51.3 Å². The molecule has 136 valence electrons. The van der Waals surface area contributed by atoms with E-state index in [1.807, 2.05) is 24.4 Å². The summed E-state index contributed by atoms with van der Waals surface area (Å²) in [5.41, 5.74) is 3.98. The van der Waals surface area contributed by atoms with Crippen molar-refractivity contribution in [3.8, 4) is 11.1 Å². The number of aromatic nitrogens is 2. The Hall–Kier alpha value is -2.47. The molecule has 0 saturated heterocycles. The van der Waals surface area contributed by atoms with Gasteiger partial charge in [0, 0.05) is 10.9 Å². The Morgan fingerprint density at radius 2 is 1.92 bits per heavy atom. The number of hydrogen-bond donors (Lipinski definition) is 0. The molecule has 0 spiro atoms. The first-order chi connectivity index (χ1) is 12.3. The van der Waals surface area contributed by atoms with Gasteiger partial charge < -0.3 is 4.74 Å². The van der Waals surface area contributed by atoms with Crippen LogP contribution in [0.25, 0.3) is 21.3 Å². The first kappa shape index (κ1) is 18.3. The molecule has 0 amide bonds. The quantitative estimate of drug-likeness (QED) is 0.644. The van der Waals surface area contributed by atoms with Crippen LogP contribution in [0.15, 0.2) is 34.7 Å². The van der Waals surface area contributed by atoms with Crippen LogP contribution in [0.3, 0.4) is 0 Å². The molecule has 0 aliphatic heterocycles. The van der Waals surface area contributed by atoms with Crippen molar-refractivity contribution in [1.29, 1.82) is 0 Å². The van der Waals surface area contributed by atoms with Crippen molar-refractivity contribution in [1.82, 2.24) is 9.55 Å². The van der Waals surface area contributed by atoms with Gasteiger partial charge in [0.2, 0.25) is 0 Å². The van der Waals surface area contributed by atoms with E-state index in [2.05, 4.69) is 18.0 Å². The number of rotatable bonds is 4. The van der Waals surface area contributed by atoms with Crippen LogP contribution in [0.2, 0.25) is 0 Å². The molecule has 26 heavy (non-hydrogen) atoms. The predicted molar refractivity (Wildman–Crippen MR) is 105 cm³/mol. The number of fused-ring (bicyclic) bond motifs is 1. The molecule has 0 aliphatic rings. The molecule has 2 heterocycles. The molecular formula is C20H22N2O3S. The summed E-state index contributed by atoms with van der Waals surface area (Å²) in [6, 6.07) is 5.40. The third kappa shape index (κ3) is 3.29. The molecule has 0 radical (unpaired) electrons. The van der Waals surface area contributed by atoms with Gasteiger partial charge in [-0.2, -0.15) is 0 Å². The maximum atomic E-state index is 13.1. The fourth-order valence-electron chi connectivity index (χ4n) is 2.79. The Morgan fingerprint density at radius 1 is 1.19 bits per heavy atom. The van der Waals surface area contributed by atoms with E-state index in [4.69, 9.17) is 4.74 Å². The molecule has 6 heteroatoms.